The number of carbonyl (C=O) groups excluding carboxylic acids is 1. The first-order valence-corrected chi connectivity index (χ1v) is 18.9. The summed E-state index contributed by atoms with van der Waals surface area (Å²) in [5.41, 5.74) is 10.7. The fourth-order valence-electron chi connectivity index (χ4n) is 6.82. The summed E-state index contributed by atoms with van der Waals surface area (Å²) in [4.78, 5) is 16.5. The monoisotopic (exact) mass is 758 g/mol. The maximum Gasteiger partial charge on any atom is 0.323 e. The number of aromatic nitrogens is 1. The van der Waals surface area contributed by atoms with E-state index in [-0.39, 0.29) is 19.6 Å². The van der Waals surface area contributed by atoms with Crippen LogP contribution < -0.4 is 5.73 Å². The third kappa shape index (κ3) is 9.99. The molecule has 290 valence electrons. The van der Waals surface area contributed by atoms with Gasteiger partial charge in [-0.15, -0.1) is 0 Å². The zero-order valence-corrected chi connectivity index (χ0v) is 31.2. The molecule has 10 atom stereocenters. The molecular formula is C47H50N2O7. The van der Waals surface area contributed by atoms with E-state index in [2.05, 4.69) is 4.98 Å². The van der Waals surface area contributed by atoms with Gasteiger partial charge in [-0.2, -0.15) is 0 Å². The van der Waals surface area contributed by atoms with Crippen LogP contribution in [0.15, 0.2) is 146 Å². The van der Waals surface area contributed by atoms with Gasteiger partial charge < -0.3 is 39.1 Å². The lowest BCUT2D eigenvalue weighted by Crippen LogP contribution is -2.58. The van der Waals surface area contributed by atoms with E-state index in [1.807, 2.05) is 97.1 Å². The number of aromatic amines is 1. The number of ether oxygens (including phenoxy) is 6. The summed E-state index contributed by atoms with van der Waals surface area (Å²) in [6, 6.07) is 42.8. The van der Waals surface area contributed by atoms with Crippen LogP contribution in [0.3, 0.4) is 0 Å². The topological polar surface area (TPSA) is 114 Å². The molecule has 9 heteroatoms. The number of nitrogens with two attached hydrogens (primary N) is 1. The molecule has 0 amide bonds. The van der Waals surface area contributed by atoms with Gasteiger partial charge in [0, 0.05) is 17.3 Å². The van der Waals surface area contributed by atoms with E-state index in [4.69, 9.17) is 35.5 Å². The standard InChI is InChI=1S/C47H50N2O7/c1-2-52-47(50)39(48)27-38-37-25-15-16-26-40(37)49-42(38)44-46(55-31-36-23-13-6-14-24-36)45(54-30-35-21-11-5-12-22-35)43(53-29-34-19-9-4-10-20-34)41(56-44)32-51-28-33-17-7-3-8-18-33/h3-26,39,41,43-46,49H,2,27-32,48H2,1H3/t39?,41-,43-,44?,45+,46-/m1/s1/i28D,29D,30D,31D/t28?,29?,30?,31?,39?,41-,43-,44?,45+,46-. The Morgan fingerprint density at radius 2 is 1.16 bits per heavy atom. The van der Waals surface area contributed by atoms with Gasteiger partial charge in [-0.05, 0) is 40.8 Å². The number of H-pyrrole nitrogens is 1. The summed E-state index contributed by atoms with van der Waals surface area (Å²) in [7, 11) is 0. The van der Waals surface area contributed by atoms with Crippen molar-refractivity contribution >= 4 is 16.9 Å². The minimum absolute atomic E-state index is 0.0665. The van der Waals surface area contributed by atoms with Crippen molar-refractivity contribution < 1.29 is 38.7 Å². The van der Waals surface area contributed by atoms with Crippen molar-refractivity contribution in [1.29, 1.82) is 0 Å². The molecule has 0 spiro atoms. The Morgan fingerprint density at radius 1 is 0.679 bits per heavy atom. The van der Waals surface area contributed by atoms with Gasteiger partial charge in [0.1, 0.15) is 36.6 Å². The van der Waals surface area contributed by atoms with Gasteiger partial charge >= 0.3 is 5.97 Å². The lowest BCUT2D eigenvalue weighted by Gasteiger charge is -2.46. The van der Waals surface area contributed by atoms with Crippen LogP contribution in [0.25, 0.3) is 10.9 Å². The zero-order chi connectivity index (χ0) is 42.0. The largest absolute Gasteiger partial charge is 0.465 e. The van der Waals surface area contributed by atoms with Crippen LogP contribution in [0, 0.1) is 0 Å². The van der Waals surface area contributed by atoms with E-state index in [9.17, 15) is 8.91 Å². The maximum atomic E-state index is 13.0. The molecule has 0 saturated carbocycles. The molecule has 1 aromatic heterocycles. The second-order valence-electron chi connectivity index (χ2n) is 13.5. The Kier molecular flexibility index (Phi) is 12.0. The Hall–Kier alpha value is -5.13. The van der Waals surface area contributed by atoms with Crippen molar-refractivity contribution in [2.75, 3.05) is 13.2 Å². The van der Waals surface area contributed by atoms with E-state index >= 15 is 0 Å². The zero-order valence-electron chi connectivity index (χ0n) is 35.2. The molecule has 1 aliphatic heterocycles. The number of esters is 1. The van der Waals surface area contributed by atoms with Gasteiger partial charge in [0.2, 0.25) is 0 Å². The first-order chi connectivity index (χ1) is 29.2. The molecule has 0 aliphatic carbocycles. The highest BCUT2D eigenvalue weighted by Crippen LogP contribution is 2.41. The summed E-state index contributed by atoms with van der Waals surface area (Å²) in [6.45, 7) is -3.16. The summed E-state index contributed by atoms with van der Waals surface area (Å²) >= 11 is 0. The number of nitrogens with one attached hydrogen (secondary N) is 1. The molecule has 2 heterocycles. The van der Waals surface area contributed by atoms with Gasteiger partial charge in [-0.1, -0.05) is 140 Å². The molecular weight excluding hydrogens is 705 g/mol. The van der Waals surface area contributed by atoms with Crippen LogP contribution in [-0.2, 0) is 66.0 Å². The molecule has 0 radical (unpaired) electrons. The van der Waals surface area contributed by atoms with E-state index in [1.54, 1.807) is 55.5 Å². The molecule has 1 aliphatic rings. The van der Waals surface area contributed by atoms with Crippen LogP contribution in [0.1, 0.15) is 52.0 Å². The molecule has 0 bridgehead atoms. The van der Waals surface area contributed by atoms with E-state index in [0.717, 1.165) is 10.9 Å². The molecule has 9 nitrogen and oxygen atoms in total. The van der Waals surface area contributed by atoms with Crippen LogP contribution >= 0.6 is 0 Å². The van der Waals surface area contributed by atoms with Crippen molar-refractivity contribution in [2.45, 2.75) is 76.2 Å². The molecule has 56 heavy (non-hydrogen) atoms. The smallest absolute Gasteiger partial charge is 0.323 e. The third-order valence-corrected chi connectivity index (χ3v) is 9.54. The van der Waals surface area contributed by atoms with Crippen LogP contribution in [-0.4, -0.2) is 54.6 Å². The average Bonchev–Trinajstić information content (AvgIpc) is 3.65. The van der Waals surface area contributed by atoms with Gasteiger partial charge in [-0.3, -0.25) is 4.79 Å². The van der Waals surface area contributed by atoms with Gasteiger partial charge in [0.05, 0.1) is 50.7 Å². The normalized spacial score (nSPS) is 23.4. The number of hydrogen-bond acceptors (Lipinski definition) is 8. The fourth-order valence-corrected chi connectivity index (χ4v) is 6.82. The SMILES string of the molecule is [2H]C(OC[C@H]1OC(c2[nH]c3ccccc3c2CC(N)C(=O)OCC)[C@@H](OC([2H])c2ccccc2)[C@@H](OC([2H])c2ccccc2)[C@@H]1OC([2H])c1ccccc1)c1ccccc1. The molecule has 7 rings (SSSR count). The number of fused-ring (bicyclic) bond motifs is 1. The van der Waals surface area contributed by atoms with Crippen molar-refractivity contribution in [2.24, 2.45) is 5.73 Å². The second kappa shape index (κ2) is 19.6. The predicted octanol–water partition coefficient (Wildman–Crippen LogP) is 8.01. The van der Waals surface area contributed by atoms with Crippen LogP contribution in [0.2, 0.25) is 0 Å². The number of benzene rings is 5. The van der Waals surface area contributed by atoms with Crippen molar-refractivity contribution in [3.63, 3.8) is 0 Å². The Labute approximate surface area is 334 Å². The molecule has 3 N–H and O–H groups in total. The Morgan fingerprint density at radius 3 is 1.71 bits per heavy atom. The lowest BCUT2D eigenvalue weighted by molar-refractivity contribution is -0.275. The molecule has 1 saturated heterocycles. The van der Waals surface area contributed by atoms with Gasteiger partial charge in [0.25, 0.3) is 0 Å². The summed E-state index contributed by atoms with van der Waals surface area (Å²) in [5, 5.41) is 0.789. The van der Waals surface area contributed by atoms with E-state index in [1.165, 1.54) is 0 Å². The highest BCUT2D eigenvalue weighted by Gasteiger charge is 2.50. The highest BCUT2D eigenvalue weighted by atomic mass is 16.6. The van der Waals surface area contributed by atoms with Gasteiger partial charge in [-0.25, -0.2) is 0 Å². The summed E-state index contributed by atoms with van der Waals surface area (Å²) in [5.74, 6) is -0.563. The lowest BCUT2D eigenvalue weighted by atomic mass is 9.89. The minimum atomic E-state index is -1.26. The fraction of sp³-hybridized carbons (Fsp3) is 0.298. The molecule has 5 aromatic carbocycles. The Bertz CT molecular complexity index is 2240. The first-order valence-electron chi connectivity index (χ1n) is 21.2. The van der Waals surface area contributed by atoms with Crippen molar-refractivity contribution in [3.8, 4) is 0 Å². The summed E-state index contributed by atoms with van der Waals surface area (Å²) < 4.78 is 75.7. The number of rotatable bonds is 18. The third-order valence-electron chi connectivity index (χ3n) is 9.54. The number of para-hydroxylation sites is 1. The summed E-state index contributed by atoms with van der Waals surface area (Å²) in [6.07, 6.45) is -5.49. The maximum absolute atomic E-state index is 13.0. The van der Waals surface area contributed by atoms with E-state index < -0.39 is 68.9 Å². The quantitative estimate of drug-likeness (QED) is 0.0848. The average molecular weight is 759 g/mol. The first kappa shape index (κ1) is 34.1. The van der Waals surface area contributed by atoms with Gasteiger partial charge in [0.15, 0.2) is 0 Å². The van der Waals surface area contributed by atoms with Crippen LogP contribution in [0.4, 0.5) is 0 Å². The molecule has 6 aromatic rings. The molecule has 6 unspecified atom stereocenters. The number of carbonyl (C=O) groups is 1. The predicted molar refractivity (Wildman–Crippen MR) is 215 cm³/mol. The Balaban J connectivity index is 1.38. The minimum Gasteiger partial charge on any atom is -0.465 e. The van der Waals surface area contributed by atoms with E-state index in [0.29, 0.717) is 33.5 Å². The van der Waals surface area contributed by atoms with Crippen LogP contribution in [0.5, 0.6) is 0 Å². The molecule has 1 fully saturated rings. The highest BCUT2D eigenvalue weighted by molar-refractivity contribution is 5.86. The number of hydrogen-bond donors (Lipinski definition) is 2. The van der Waals surface area contributed by atoms with Crippen molar-refractivity contribution in [1.82, 2.24) is 4.98 Å². The van der Waals surface area contributed by atoms with Crippen molar-refractivity contribution in [3.05, 3.63) is 179 Å². The second-order valence-corrected chi connectivity index (χ2v) is 13.5.